The van der Waals surface area contributed by atoms with Crippen LogP contribution in [0.3, 0.4) is 0 Å². The van der Waals surface area contributed by atoms with Crippen molar-refractivity contribution in [3.05, 3.63) is 29.3 Å². The second-order valence-corrected chi connectivity index (χ2v) is 5.65. The summed E-state index contributed by atoms with van der Waals surface area (Å²) in [6.45, 7) is 2.05. The second kappa shape index (κ2) is 6.61. The van der Waals surface area contributed by atoms with Crippen molar-refractivity contribution in [3.8, 4) is 5.75 Å². The molecule has 2 unspecified atom stereocenters. The van der Waals surface area contributed by atoms with Gasteiger partial charge in [0.05, 0.1) is 5.92 Å². The van der Waals surface area contributed by atoms with Gasteiger partial charge >= 0.3 is 5.97 Å². The average molecular weight is 291 g/mol. The summed E-state index contributed by atoms with van der Waals surface area (Å²) in [5.41, 5.74) is 0.964. The Bertz CT molecular complexity index is 541. The van der Waals surface area contributed by atoms with Crippen molar-refractivity contribution in [1.29, 1.82) is 0 Å². The van der Waals surface area contributed by atoms with Gasteiger partial charge in [-0.2, -0.15) is 0 Å². The van der Waals surface area contributed by atoms with Crippen LogP contribution < -0.4 is 5.32 Å². The van der Waals surface area contributed by atoms with Gasteiger partial charge in [0.2, 0.25) is 0 Å². The van der Waals surface area contributed by atoms with Crippen LogP contribution in [0.5, 0.6) is 5.75 Å². The van der Waals surface area contributed by atoms with Crippen molar-refractivity contribution in [2.45, 2.75) is 32.6 Å². The molecule has 3 N–H and O–H groups in total. The number of aliphatic carboxylic acids is 1. The molecule has 1 fully saturated rings. The summed E-state index contributed by atoms with van der Waals surface area (Å²) in [6, 6.07) is 4.81. The lowest BCUT2D eigenvalue weighted by Crippen LogP contribution is -2.37. The van der Waals surface area contributed by atoms with E-state index in [2.05, 4.69) is 5.32 Å². The monoisotopic (exact) mass is 291 g/mol. The molecule has 0 heterocycles. The van der Waals surface area contributed by atoms with E-state index >= 15 is 0 Å². The first kappa shape index (κ1) is 15.4. The molecule has 1 saturated carbocycles. The minimum Gasteiger partial charge on any atom is -0.508 e. The summed E-state index contributed by atoms with van der Waals surface area (Å²) in [5.74, 6) is -1.34. The number of hydrogen-bond acceptors (Lipinski definition) is 3. The van der Waals surface area contributed by atoms with E-state index in [0.29, 0.717) is 24.1 Å². The number of phenolic OH excluding ortho intramolecular Hbond substituents is 1. The highest BCUT2D eigenvalue weighted by molar-refractivity contribution is 5.96. The van der Waals surface area contributed by atoms with E-state index in [1.807, 2.05) is 0 Å². The summed E-state index contributed by atoms with van der Waals surface area (Å²) in [4.78, 5) is 23.4. The fraction of sp³-hybridized carbons (Fsp3) is 0.500. The summed E-state index contributed by atoms with van der Waals surface area (Å²) in [7, 11) is 0. The fourth-order valence-electron chi connectivity index (χ4n) is 2.97. The van der Waals surface area contributed by atoms with Gasteiger partial charge in [-0.1, -0.05) is 18.9 Å². The Balaban J connectivity index is 2.00. The zero-order valence-electron chi connectivity index (χ0n) is 12.1. The van der Waals surface area contributed by atoms with Crippen molar-refractivity contribution in [2.24, 2.45) is 11.8 Å². The van der Waals surface area contributed by atoms with Crippen LogP contribution in [0.15, 0.2) is 18.2 Å². The largest absolute Gasteiger partial charge is 0.508 e. The van der Waals surface area contributed by atoms with Crippen molar-refractivity contribution in [3.63, 3.8) is 0 Å². The zero-order chi connectivity index (χ0) is 15.4. The molecule has 2 atom stereocenters. The van der Waals surface area contributed by atoms with Gasteiger partial charge < -0.3 is 15.5 Å². The Labute approximate surface area is 124 Å². The topological polar surface area (TPSA) is 86.6 Å². The first-order valence-corrected chi connectivity index (χ1v) is 7.30. The Morgan fingerprint density at radius 1 is 1.29 bits per heavy atom. The number of phenols is 1. The van der Waals surface area contributed by atoms with Crippen LogP contribution in [0.2, 0.25) is 0 Å². The first-order valence-electron chi connectivity index (χ1n) is 7.30. The molecular formula is C16H21NO4. The molecule has 21 heavy (non-hydrogen) atoms. The number of benzene rings is 1. The molecule has 2 rings (SSSR count). The second-order valence-electron chi connectivity index (χ2n) is 5.65. The molecule has 0 bridgehead atoms. The molecule has 0 spiro atoms. The number of hydrogen-bond donors (Lipinski definition) is 3. The van der Waals surface area contributed by atoms with E-state index in [0.717, 1.165) is 19.3 Å². The highest BCUT2D eigenvalue weighted by Crippen LogP contribution is 2.30. The van der Waals surface area contributed by atoms with Gasteiger partial charge in [0, 0.05) is 17.7 Å². The zero-order valence-corrected chi connectivity index (χ0v) is 12.1. The fourth-order valence-corrected chi connectivity index (χ4v) is 2.97. The lowest BCUT2D eigenvalue weighted by molar-refractivity contribution is -0.144. The van der Waals surface area contributed by atoms with Crippen LogP contribution in [-0.2, 0) is 4.79 Å². The maximum Gasteiger partial charge on any atom is 0.306 e. The molecular weight excluding hydrogens is 270 g/mol. The van der Waals surface area contributed by atoms with E-state index in [-0.39, 0.29) is 23.5 Å². The standard InChI is InChI=1S/C16H21NO4/c1-10-12(7-4-8-14(10)18)15(19)17-9-11-5-2-3-6-13(11)16(20)21/h4,7-8,11,13,18H,2-3,5-6,9H2,1H3,(H,17,19)(H,20,21). The van der Waals surface area contributed by atoms with Crippen LogP contribution >= 0.6 is 0 Å². The van der Waals surface area contributed by atoms with Crippen molar-refractivity contribution < 1.29 is 19.8 Å². The minimum absolute atomic E-state index is 0.0159. The SMILES string of the molecule is Cc1c(O)cccc1C(=O)NCC1CCCCC1C(=O)O. The number of carboxylic acid groups (broad SMARTS) is 1. The van der Waals surface area contributed by atoms with Crippen molar-refractivity contribution in [1.82, 2.24) is 5.32 Å². The normalized spacial score (nSPS) is 21.8. The third-order valence-corrected chi connectivity index (χ3v) is 4.30. The molecule has 0 aliphatic heterocycles. The van der Waals surface area contributed by atoms with Gasteiger partial charge in [-0.3, -0.25) is 9.59 Å². The van der Waals surface area contributed by atoms with Crippen LogP contribution in [0.25, 0.3) is 0 Å². The van der Waals surface area contributed by atoms with E-state index in [1.165, 1.54) is 6.07 Å². The summed E-state index contributed by atoms with van der Waals surface area (Å²) >= 11 is 0. The van der Waals surface area contributed by atoms with Crippen molar-refractivity contribution >= 4 is 11.9 Å². The van der Waals surface area contributed by atoms with Crippen LogP contribution in [0, 0.1) is 18.8 Å². The first-order chi connectivity index (χ1) is 10.0. The number of nitrogens with one attached hydrogen (secondary N) is 1. The van der Waals surface area contributed by atoms with Gasteiger partial charge in [-0.15, -0.1) is 0 Å². The molecule has 0 radical (unpaired) electrons. The quantitative estimate of drug-likeness (QED) is 0.794. The lowest BCUT2D eigenvalue weighted by atomic mass is 9.79. The Morgan fingerprint density at radius 3 is 2.71 bits per heavy atom. The predicted octanol–water partition coefficient (Wildman–Crippen LogP) is 2.32. The molecule has 1 aliphatic carbocycles. The average Bonchev–Trinajstić information content (AvgIpc) is 2.47. The molecule has 5 heteroatoms. The highest BCUT2D eigenvalue weighted by atomic mass is 16.4. The molecule has 114 valence electrons. The van der Waals surface area contributed by atoms with E-state index in [4.69, 9.17) is 0 Å². The molecule has 1 aromatic carbocycles. The van der Waals surface area contributed by atoms with E-state index < -0.39 is 5.97 Å². The molecule has 0 saturated heterocycles. The summed E-state index contributed by atoms with van der Waals surface area (Å²) in [5, 5.41) is 21.7. The minimum atomic E-state index is -0.775. The molecule has 1 aliphatic rings. The van der Waals surface area contributed by atoms with E-state index in [9.17, 15) is 19.8 Å². The number of carbonyl (C=O) groups excluding carboxylic acids is 1. The molecule has 0 aromatic heterocycles. The number of carboxylic acids is 1. The van der Waals surface area contributed by atoms with Gasteiger partial charge in [0.1, 0.15) is 5.75 Å². The van der Waals surface area contributed by atoms with Crippen molar-refractivity contribution in [2.75, 3.05) is 6.54 Å². The highest BCUT2D eigenvalue weighted by Gasteiger charge is 2.30. The summed E-state index contributed by atoms with van der Waals surface area (Å²) < 4.78 is 0. The maximum absolute atomic E-state index is 12.2. The number of rotatable bonds is 4. The smallest absolute Gasteiger partial charge is 0.306 e. The van der Waals surface area contributed by atoms with Gasteiger partial charge in [-0.25, -0.2) is 0 Å². The Kier molecular flexibility index (Phi) is 4.83. The van der Waals surface area contributed by atoms with Crippen LogP contribution in [-0.4, -0.2) is 28.6 Å². The number of carbonyl (C=O) groups is 2. The predicted molar refractivity (Wildman–Crippen MR) is 78.3 cm³/mol. The van der Waals surface area contributed by atoms with Crippen LogP contribution in [0.4, 0.5) is 0 Å². The molecule has 5 nitrogen and oxygen atoms in total. The van der Waals surface area contributed by atoms with Gasteiger partial charge in [0.15, 0.2) is 0 Å². The maximum atomic E-state index is 12.2. The van der Waals surface area contributed by atoms with Gasteiger partial charge in [0.25, 0.3) is 5.91 Å². The van der Waals surface area contributed by atoms with Gasteiger partial charge in [-0.05, 0) is 37.8 Å². The van der Waals surface area contributed by atoms with Crippen LogP contribution in [0.1, 0.15) is 41.6 Å². The Hall–Kier alpha value is -2.04. The lowest BCUT2D eigenvalue weighted by Gasteiger charge is -2.28. The third kappa shape index (κ3) is 3.54. The molecule has 1 aromatic rings. The number of amides is 1. The third-order valence-electron chi connectivity index (χ3n) is 4.30. The summed E-state index contributed by atoms with van der Waals surface area (Å²) in [6.07, 6.45) is 3.46. The number of aromatic hydroxyl groups is 1. The Morgan fingerprint density at radius 2 is 2.00 bits per heavy atom. The van der Waals surface area contributed by atoms with E-state index in [1.54, 1.807) is 19.1 Å². The molecule has 1 amide bonds.